The van der Waals surface area contributed by atoms with E-state index < -0.39 is 35.3 Å². The Morgan fingerprint density at radius 1 is 1.20 bits per heavy atom. The fourth-order valence-corrected chi connectivity index (χ4v) is 2.57. The van der Waals surface area contributed by atoms with Crippen LogP contribution < -0.4 is 10.2 Å². The number of hydrogen-bond acceptors (Lipinski definition) is 3. The van der Waals surface area contributed by atoms with Gasteiger partial charge in [-0.1, -0.05) is 23.8 Å². The zero-order chi connectivity index (χ0) is 18.0. The van der Waals surface area contributed by atoms with Crippen LogP contribution in [0, 0.1) is 18.6 Å². The average molecular weight is 346 g/mol. The van der Waals surface area contributed by atoms with Gasteiger partial charge in [0, 0.05) is 5.69 Å². The van der Waals surface area contributed by atoms with E-state index >= 15 is 0 Å². The van der Waals surface area contributed by atoms with Gasteiger partial charge < -0.3 is 10.1 Å². The summed E-state index contributed by atoms with van der Waals surface area (Å²) in [7, 11) is 0. The molecule has 1 heterocycles. The van der Waals surface area contributed by atoms with Gasteiger partial charge in [0.2, 0.25) is 0 Å². The lowest BCUT2D eigenvalue weighted by molar-refractivity contribution is 0.0908. The molecule has 0 bridgehead atoms. The Balaban J connectivity index is 1.62. The van der Waals surface area contributed by atoms with Crippen molar-refractivity contribution in [1.29, 1.82) is 0 Å². The van der Waals surface area contributed by atoms with E-state index in [0.29, 0.717) is 5.69 Å². The van der Waals surface area contributed by atoms with Crippen LogP contribution in [-0.2, 0) is 4.74 Å². The summed E-state index contributed by atoms with van der Waals surface area (Å²) in [5.74, 6) is -2.77. The minimum absolute atomic E-state index is 0.0410. The second-order valence-electron chi connectivity index (χ2n) is 5.76. The molecule has 0 aromatic heterocycles. The van der Waals surface area contributed by atoms with Crippen molar-refractivity contribution in [3.8, 4) is 0 Å². The molecular weight excluding hydrogens is 330 g/mol. The Morgan fingerprint density at radius 2 is 1.84 bits per heavy atom. The largest absolute Gasteiger partial charge is 0.442 e. The van der Waals surface area contributed by atoms with Crippen molar-refractivity contribution in [1.82, 2.24) is 5.32 Å². The molecule has 0 unspecified atom stereocenters. The van der Waals surface area contributed by atoms with Crippen LogP contribution in [-0.4, -0.2) is 31.2 Å². The monoisotopic (exact) mass is 346 g/mol. The van der Waals surface area contributed by atoms with Gasteiger partial charge in [-0.05, 0) is 31.2 Å². The molecule has 7 heteroatoms. The summed E-state index contributed by atoms with van der Waals surface area (Å²) in [6, 6.07) is 10.5. The number of cyclic esters (lactones) is 1. The van der Waals surface area contributed by atoms with E-state index in [1.807, 2.05) is 19.1 Å². The van der Waals surface area contributed by atoms with Gasteiger partial charge in [0.15, 0.2) is 0 Å². The van der Waals surface area contributed by atoms with E-state index in [4.69, 9.17) is 4.74 Å². The van der Waals surface area contributed by atoms with Crippen LogP contribution in [0.2, 0.25) is 0 Å². The fourth-order valence-electron chi connectivity index (χ4n) is 2.57. The van der Waals surface area contributed by atoms with Crippen LogP contribution in [0.15, 0.2) is 42.5 Å². The Hall–Kier alpha value is -2.96. The molecule has 1 fully saturated rings. The first-order chi connectivity index (χ1) is 12.0. The van der Waals surface area contributed by atoms with Gasteiger partial charge in [0.25, 0.3) is 5.91 Å². The highest BCUT2D eigenvalue weighted by atomic mass is 19.1. The van der Waals surface area contributed by atoms with Crippen molar-refractivity contribution < 1.29 is 23.1 Å². The predicted octanol–water partition coefficient (Wildman–Crippen LogP) is 3.03. The van der Waals surface area contributed by atoms with Gasteiger partial charge in [-0.15, -0.1) is 0 Å². The van der Waals surface area contributed by atoms with E-state index in [9.17, 15) is 18.4 Å². The van der Waals surface area contributed by atoms with Crippen LogP contribution >= 0.6 is 0 Å². The van der Waals surface area contributed by atoms with Crippen molar-refractivity contribution in [2.24, 2.45) is 0 Å². The molecule has 2 aromatic rings. The lowest BCUT2D eigenvalue weighted by Crippen LogP contribution is -2.35. The van der Waals surface area contributed by atoms with Crippen LogP contribution in [0.1, 0.15) is 15.9 Å². The number of rotatable bonds is 4. The zero-order valence-corrected chi connectivity index (χ0v) is 13.5. The van der Waals surface area contributed by atoms with Crippen molar-refractivity contribution in [3.63, 3.8) is 0 Å². The molecule has 0 spiro atoms. The third-order valence-electron chi connectivity index (χ3n) is 3.90. The molecule has 0 aliphatic carbocycles. The highest BCUT2D eigenvalue weighted by molar-refractivity contribution is 5.95. The standard InChI is InChI=1S/C18H16F2N2O3/c1-11-5-7-12(8-6-11)22-10-13(25-18(22)24)9-21-17(23)16-14(19)3-2-4-15(16)20/h2-8,13H,9-10H2,1H3,(H,21,23)/t13-/m1/s1. The maximum Gasteiger partial charge on any atom is 0.414 e. The Kier molecular flexibility index (Phi) is 4.65. The van der Waals surface area contributed by atoms with E-state index in [2.05, 4.69) is 5.32 Å². The Bertz CT molecular complexity index is 788. The number of carbonyl (C=O) groups excluding carboxylic acids is 2. The SMILES string of the molecule is Cc1ccc(N2C[C@@H](CNC(=O)c3c(F)cccc3F)OC2=O)cc1. The number of benzene rings is 2. The van der Waals surface area contributed by atoms with Crippen LogP contribution in [0.25, 0.3) is 0 Å². The second kappa shape index (κ2) is 6.88. The van der Waals surface area contributed by atoms with Crippen molar-refractivity contribution in [2.45, 2.75) is 13.0 Å². The number of aryl methyl sites for hydroxylation is 1. The van der Waals surface area contributed by atoms with Crippen molar-refractivity contribution in [3.05, 3.63) is 65.2 Å². The first-order valence-electron chi connectivity index (χ1n) is 7.72. The van der Waals surface area contributed by atoms with Crippen molar-refractivity contribution >= 4 is 17.7 Å². The third kappa shape index (κ3) is 3.60. The van der Waals surface area contributed by atoms with Gasteiger partial charge in [0.05, 0.1) is 13.1 Å². The number of nitrogens with one attached hydrogen (secondary N) is 1. The van der Waals surface area contributed by atoms with Crippen LogP contribution in [0.5, 0.6) is 0 Å². The van der Waals surface area contributed by atoms with Gasteiger partial charge in [0.1, 0.15) is 23.3 Å². The summed E-state index contributed by atoms with van der Waals surface area (Å²) >= 11 is 0. The molecule has 0 saturated carbocycles. The fraction of sp³-hybridized carbons (Fsp3) is 0.222. The Morgan fingerprint density at radius 3 is 2.48 bits per heavy atom. The topological polar surface area (TPSA) is 58.6 Å². The molecule has 1 atom stereocenters. The highest BCUT2D eigenvalue weighted by Crippen LogP contribution is 2.22. The van der Waals surface area contributed by atoms with Crippen LogP contribution in [0.3, 0.4) is 0 Å². The number of halogens is 2. The van der Waals surface area contributed by atoms with Crippen molar-refractivity contribution in [2.75, 3.05) is 18.0 Å². The van der Waals surface area contributed by atoms with E-state index in [-0.39, 0.29) is 13.1 Å². The van der Waals surface area contributed by atoms with E-state index in [0.717, 1.165) is 17.7 Å². The molecule has 3 rings (SSSR count). The normalized spacial score (nSPS) is 16.7. The van der Waals surface area contributed by atoms with Gasteiger partial charge in [-0.3, -0.25) is 9.69 Å². The molecule has 1 aliphatic heterocycles. The lowest BCUT2D eigenvalue weighted by Gasteiger charge is -2.13. The van der Waals surface area contributed by atoms with Gasteiger partial charge in [-0.2, -0.15) is 0 Å². The maximum absolute atomic E-state index is 13.6. The molecule has 2 amide bonds. The summed E-state index contributed by atoms with van der Waals surface area (Å²) in [6.07, 6.45) is -1.13. The predicted molar refractivity (Wildman–Crippen MR) is 87.5 cm³/mol. The maximum atomic E-state index is 13.6. The number of nitrogens with zero attached hydrogens (tertiary/aromatic N) is 1. The summed E-state index contributed by atoms with van der Waals surface area (Å²) in [5, 5.41) is 2.40. The smallest absolute Gasteiger partial charge is 0.414 e. The first kappa shape index (κ1) is 16.9. The Labute approximate surface area is 143 Å². The van der Waals surface area contributed by atoms with Gasteiger partial charge in [-0.25, -0.2) is 13.6 Å². The molecule has 5 nitrogen and oxygen atoms in total. The molecular formula is C18H16F2N2O3. The zero-order valence-electron chi connectivity index (χ0n) is 13.5. The lowest BCUT2D eigenvalue weighted by atomic mass is 10.2. The highest BCUT2D eigenvalue weighted by Gasteiger charge is 2.32. The second-order valence-corrected chi connectivity index (χ2v) is 5.76. The average Bonchev–Trinajstić information content (AvgIpc) is 2.94. The molecule has 1 N–H and O–H groups in total. The molecule has 0 radical (unpaired) electrons. The summed E-state index contributed by atoms with van der Waals surface area (Å²) in [4.78, 5) is 25.4. The van der Waals surface area contributed by atoms with Crippen LogP contribution in [0.4, 0.5) is 19.3 Å². The minimum atomic E-state index is -0.942. The third-order valence-corrected chi connectivity index (χ3v) is 3.90. The minimum Gasteiger partial charge on any atom is -0.442 e. The quantitative estimate of drug-likeness (QED) is 0.926. The summed E-state index contributed by atoms with van der Waals surface area (Å²) < 4.78 is 32.4. The molecule has 130 valence electrons. The number of amides is 2. The van der Waals surface area contributed by atoms with E-state index in [1.54, 1.807) is 12.1 Å². The van der Waals surface area contributed by atoms with Gasteiger partial charge >= 0.3 is 6.09 Å². The first-order valence-corrected chi connectivity index (χ1v) is 7.72. The summed E-state index contributed by atoms with van der Waals surface area (Å²) in [6.45, 7) is 2.13. The number of hydrogen-bond donors (Lipinski definition) is 1. The van der Waals surface area contributed by atoms with E-state index in [1.165, 1.54) is 11.0 Å². The molecule has 1 aliphatic rings. The molecule has 2 aromatic carbocycles. The number of carbonyl (C=O) groups is 2. The molecule has 25 heavy (non-hydrogen) atoms. The molecule has 1 saturated heterocycles. The number of ether oxygens (including phenoxy) is 1. The number of anilines is 1. The summed E-state index contributed by atoms with van der Waals surface area (Å²) in [5.41, 5.74) is 1.10.